The van der Waals surface area contributed by atoms with Crippen molar-refractivity contribution in [3.8, 4) is 0 Å². The molecule has 2 amide bonds. The fourth-order valence-electron chi connectivity index (χ4n) is 6.15. The van der Waals surface area contributed by atoms with Gasteiger partial charge in [0, 0.05) is 77.1 Å². The topological polar surface area (TPSA) is 184 Å². The van der Waals surface area contributed by atoms with Crippen LogP contribution in [0.3, 0.4) is 0 Å². The molecule has 0 radical (unpaired) electrons. The second kappa shape index (κ2) is 23.5. The van der Waals surface area contributed by atoms with E-state index in [0.717, 1.165) is 37.1 Å². The van der Waals surface area contributed by atoms with Crippen molar-refractivity contribution >= 4 is 49.9 Å². The van der Waals surface area contributed by atoms with E-state index < -0.39 is 38.2 Å². The average molecular weight is 835 g/mol. The van der Waals surface area contributed by atoms with E-state index in [9.17, 15) is 19.2 Å². The number of hydrogen-bond acceptors (Lipinski definition) is 12. The number of H-pyrrole nitrogens is 1. The predicted molar refractivity (Wildman–Crippen MR) is 234 cm³/mol. The number of aliphatic imine (C=N–C) groups is 1. The monoisotopic (exact) mass is 834 g/mol. The molecular formula is C42H60N9O7P. The van der Waals surface area contributed by atoms with Crippen LogP contribution in [0.5, 0.6) is 0 Å². The van der Waals surface area contributed by atoms with Crippen LogP contribution < -0.4 is 26.8 Å². The van der Waals surface area contributed by atoms with Crippen molar-refractivity contribution in [2.75, 3.05) is 38.6 Å². The van der Waals surface area contributed by atoms with Gasteiger partial charge in [-0.15, -0.1) is 0 Å². The molecule has 2 aromatic carbocycles. The molecule has 2 heterocycles. The van der Waals surface area contributed by atoms with E-state index in [1.54, 1.807) is 24.3 Å². The number of hydrogen-bond donors (Lipinski definition) is 3. The summed E-state index contributed by atoms with van der Waals surface area (Å²) in [5.41, 5.74) is 1.78. The summed E-state index contributed by atoms with van der Waals surface area (Å²) >= 11 is 0. The van der Waals surface area contributed by atoms with Gasteiger partial charge in [0.1, 0.15) is 6.23 Å². The molecule has 3 aromatic rings. The van der Waals surface area contributed by atoms with Gasteiger partial charge in [0.2, 0.25) is 5.91 Å². The number of carbonyl (C=O) groups excluding carboxylic acids is 2. The Labute approximate surface area is 349 Å². The Balaban J connectivity index is 1.19. The number of anilines is 1. The summed E-state index contributed by atoms with van der Waals surface area (Å²) in [6.45, 7) is 11.5. The number of aromatic amines is 1. The molecule has 0 saturated carbocycles. The van der Waals surface area contributed by atoms with Gasteiger partial charge in [-0.05, 0) is 109 Å². The summed E-state index contributed by atoms with van der Waals surface area (Å²) in [7, 11) is 2.34. The smallest absolute Gasteiger partial charge is 0.330 e. The minimum Gasteiger partial charge on any atom is -0.425 e. The molecule has 2 unspecified atom stereocenters. The fraction of sp³-hybridized carbons (Fsp3) is 0.500. The Morgan fingerprint density at radius 2 is 1.61 bits per heavy atom. The molecule has 1 aliphatic rings. The van der Waals surface area contributed by atoms with Gasteiger partial charge in [0.25, 0.3) is 11.5 Å². The van der Waals surface area contributed by atoms with Crippen LogP contribution in [-0.4, -0.2) is 90.5 Å². The normalized spacial score (nSPS) is 17.7. The van der Waals surface area contributed by atoms with Gasteiger partial charge in [0.05, 0.1) is 29.1 Å². The summed E-state index contributed by atoms with van der Waals surface area (Å²) < 4.78 is 30.0. The van der Waals surface area contributed by atoms with E-state index in [2.05, 4.69) is 35.5 Å². The first-order chi connectivity index (χ1) is 28.8. The van der Waals surface area contributed by atoms with E-state index in [0.29, 0.717) is 30.9 Å². The number of ether oxygens (including phenoxy) is 1. The van der Waals surface area contributed by atoms with E-state index in [4.69, 9.17) is 15.2 Å². The third kappa shape index (κ3) is 14.6. The lowest BCUT2D eigenvalue weighted by atomic mass is 10.1. The maximum absolute atomic E-state index is 12.9. The van der Waals surface area contributed by atoms with E-state index in [1.165, 1.54) is 29.3 Å². The molecule has 1 aliphatic heterocycles. The maximum atomic E-state index is 12.9. The zero-order chi connectivity index (χ0) is 43.6. The third-order valence-electron chi connectivity index (χ3n) is 9.23. The summed E-state index contributed by atoms with van der Waals surface area (Å²) in [5.74, 6) is -0.546. The van der Waals surface area contributed by atoms with Crippen molar-refractivity contribution in [3.05, 3.63) is 92.8 Å². The Morgan fingerprint density at radius 3 is 2.20 bits per heavy atom. The summed E-state index contributed by atoms with van der Waals surface area (Å²) in [6.07, 6.45) is 6.78. The summed E-state index contributed by atoms with van der Waals surface area (Å²) in [4.78, 5) is 59.3. The van der Waals surface area contributed by atoms with Crippen LogP contribution >= 0.6 is 8.53 Å². The number of nitrogens with zero attached hydrogens (tertiary/aromatic N) is 6. The van der Waals surface area contributed by atoms with Crippen molar-refractivity contribution < 1.29 is 24.7 Å². The van der Waals surface area contributed by atoms with Crippen molar-refractivity contribution in [2.24, 2.45) is 15.2 Å². The molecule has 0 spiro atoms. The first-order valence-corrected chi connectivity index (χ1v) is 21.2. The zero-order valence-corrected chi connectivity index (χ0v) is 36.1. The summed E-state index contributed by atoms with van der Waals surface area (Å²) in [5, 5.41) is 14.3. The Bertz CT molecular complexity index is 2010. The molecule has 4 rings (SSSR count). The molecule has 0 bridgehead atoms. The van der Waals surface area contributed by atoms with Gasteiger partial charge >= 0.3 is 14.2 Å². The highest BCUT2D eigenvalue weighted by Crippen LogP contribution is 2.49. The lowest BCUT2D eigenvalue weighted by Crippen LogP contribution is -2.35. The molecule has 0 aliphatic carbocycles. The van der Waals surface area contributed by atoms with Gasteiger partial charge in [-0.25, -0.2) is 9.46 Å². The van der Waals surface area contributed by atoms with Crippen LogP contribution in [0, 0.1) is 0 Å². The van der Waals surface area contributed by atoms with Crippen LogP contribution in [-0.2, 0) is 18.6 Å². The van der Waals surface area contributed by atoms with Crippen LogP contribution in [0.1, 0.15) is 97.1 Å². The second-order valence-electron chi connectivity index (χ2n) is 14.7. The van der Waals surface area contributed by atoms with Crippen LogP contribution in [0.25, 0.3) is 6.08 Å². The van der Waals surface area contributed by atoms with Gasteiger partial charge < -0.3 is 29.3 Å². The Kier molecular flexibility index (Phi) is 18.0. The van der Waals surface area contributed by atoms with Crippen molar-refractivity contribution in [2.45, 2.75) is 104 Å². The molecule has 16 nitrogen and oxygen atoms in total. The largest absolute Gasteiger partial charge is 0.425 e. The lowest BCUT2D eigenvalue weighted by Gasteiger charge is -2.36. The summed E-state index contributed by atoms with van der Waals surface area (Å²) in [6, 6.07) is 14.9. The highest BCUT2D eigenvalue weighted by atomic mass is 31.2. The average Bonchev–Trinajstić information content (AvgIpc) is 3.62. The number of unbranched alkanes of at least 4 members (excludes halogenated alkanes) is 3. The molecule has 320 valence electrons. The molecule has 4 atom stereocenters. The molecular weight excluding hydrogens is 773 g/mol. The fourth-order valence-corrected chi connectivity index (χ4v) is 7.77. The standard InChI is InChI=1S/C42H60N9O7P/c1-9-43-28-56-59(51(29(2)3)30(4)5)58-37-26-39(57-31(37)6)50-27-33(41(54)46-42(50)55)16-23-38(52)44-24-12-10-11-13-25-45-40(53)32-14-17-34(18-15-32)47-48-35-19-21-36(22-20-35)49(7)8/h14-23,27-31,37,39H,9-13,24-26H2,1-8H3,(H,44,52)(H,45,53)(H,46,54,55)/b23-16+,43-28?,48-47?/t31-,37?,39-,59?/m1/s1/i6D. The quantitative estimate of drug-likeness (QED) is 0.0235. The van der Waals surface area contributed by atoms with Gasteiger partial charge in [-0.1, -0.05) is 12.8 Å². The molecule has 17 heteroatoms. The van der Waals surface area contributed by atoms with Crippen molar-refractivity contribution in [1.82, 2.24) is 24.9 Å². The number of rotatable bonds is 22. The van der Waals surface area contributed by atoms with Gasteiger partial charge in [-0.3, -0.25) is 28.9 Å². The van der Waals surface area contributed by atoms with Gasteiger partial charge in [-0.2, -0.15) is 10.2 Å². The second-order valence-corrected chi connectivity index (χ2v) is 16.1. The van der Waals surface area contributed by atoms with Crippen molar-refractivity contribution in [1.29, 1.82) is 0 Å². The number of nitrogens with one attached hydrogen (secondary N) is 3. The Morgan fingerprint density at radius 1 is 0.983 bits per heavy atom. The minimum absolute atomic E-state index is 0.0951. The van der Waals surface area contributed by atoms with E-state index >= 15 is 0 Å². The van der Waals surface area contributed by atoms with Crippen molar-refractivity contribution in [3.63, 3.8) is 0 Å². The number of benzene rings is 2. The first-order valence-electron chi connectivity index (χ1n) is 20.8. The third-order valence-corrected chi connectivity index (χ3v) is 11.3. The lowest BCUT2D eigenvalue weighted by molar-refractivity contribution is -0.116. The van der Waals surface area contributed by atoms with Gasteiger partial charge in [0.15, 0.2) is 6.40 Å². The first kappa shape index (κ1) is 45.1. The molecule has 3 N–H and O–H groups in total. The Hall–Kier alpha value is -5.02. The van der Waals surface area contributed by atoms with Crippen LogP contribution in [0.2, 0.25) is 0 Å². The molecule has 1 saturated heterocycles. The zero-order valence-electron chi connectivity index (χ0n) is 36.2. The number of azo groups is 1. The molecule has 59 heavy (non-hydrogen) atoms. The maximum Gasteiger partial charge on any atom is 0.330 e. The molecule has 1 aromatic heterocycles. The van der Waals surface area contributed by atoms with E-state index in [1.807, 2.05) is 77.9 Å². The van der Waals surface area contributed by atoms with Crippen LogP contribution in [0.4, 0.5) is 17.1 Å². The number of carbonyl (C=O) groups is 2. The molecule has 1 fully saturated rings. The highest BCUT2D eigenvalue weighted by molar-refractivity contribution is 7.45. The number of amides is 2. The van der Waals surface area contributed by atoms with E-state index in [-0.39, 0.29) is 42.8 Å². The SMILES string of the molecule is [2H]C[C@H]1O[C@@H](n2cc(/C=C/C(=O)NCCCCCCNC(=O)c3ccc(N=Nc4ccc(N(C)C)cc4)cc3)c(=O)[nH]c2=O)CC1OP(OC=NCC)N(C(C)C)C(C)C. The minimum atomic E-state index is -1.61. The predicted octanol–water partition coefficient (Wildman–Crippen LogP) is 7.24. The number of aromatic nitrogens is 2. The van der Waals surface area contributed by atoms with Crippen LogP contribution in [0.15, 0.2) is 85.6 Å². The highest BCUT2D eigenvalue weighted by Gasteiger charge is 2.40.